The van der Waals surface area contributed by atoms with Crippen LogP contribution in [0.1, 0.15) is 41.4 Å². The Kier molecular flexibility index (Phi) is 11.2. The summed E-state index contributed by atoms with van der Waals surface area (Å²) < 4.78 is 18.9. The molecule has 0 saturated carbocycles. The zero-order valence-electron chi connectivity index (χ0n) is 17.8. The van der Waals surface area contributed by atoms with Gasteiger partial charge in [-0.25, -0.2) is 4.39 Å². The zero-order chi connectivity index (χ0) is 21.2. The molecule has 0 aliphatic heterocycles. The van der Waals surface area contributed by atoms with Gasteiger partial charge in [0.25, 0.3) is 5.91 Å². The van der Waals surface area contributed by atoms with E-state index in [0.29, 0.717) is 31.0 Å². The molecular weight excluding hydrogens is 498 g/mol. The minimum absolute atomic E-state index is 0. The highest BCUT2D eigenvalue weighted by molar-refractivity contribution is 14.0. The maximum Gasteiger partial charge on any atom is 0.251 e. The number of aliphatic imine (C=N–C) groups is 1. The van der Waals surface area contributed by atoms with Crippen molar-refractivity contribution in [2.24, 2.45) is 4.99 Å². The van der Waals surface area contributed by atoms with E-state index in [2.05, 4.69) is 20.9 Å². The third-order valence-electron chi connectivity index (χ3n) is 4.46. The Morgan fingerprint density at radius 2 is 2.00 bits per heavy atom. The smallest absolute Gasteiger partial charge is 0.251 e. The van der Waals surface area contributed by atoms with E-state index in [9.17, 15) is 9.18 Å². The predicted octanol–water partition coefficient (Wildman–Crippen LogP) is 3.67. The van der Waals surface area contributed by atoms with Crippen LogP contribution in [0.3, 0.4) is 0 Å². The second kappa shape index (κ2) is 13.0. The van der Waals surface area contributed by atoms with Crippen LogP contribution in [-0.4, -0.2) is 39.1 Å². The summed E-state index contributed by atoms with van der Waals surface area (Å²) in [5, 5.41) is 9.12. The van der Waals surface area contributed by atoms with Crippen LogP contribution in [0.25, 0.3) is 0 Å². The lowest BCUT2D eigenvalue weighted by atomic mass is 10.1. The van der Waals surface area contributed by atoms with Crippen molar-refractivity contribution >= 4 is 35.8 Å². The quantitative estimate of drug-likeness (QED) is 0.278. The first kappa shape index (κ1) is 25.7. The van der Waals surface area contributed by atoms with Gasteiger partial charge in [-0.05, 0) is 55.7 Å². The van der Waals surface area contributed by atoms with Crippen LogP contribution in [0, 0.1) is 5.82 Å². The Hall–Kier alpha value is -2.36. The van der Waals surface area contributed by atoms with Gasteiger partial charge in [-0.1, -0.05) is 18.2 Å². The van der Waals surface area contributed by atoms with E-state index in [-0.39, 0.29) is 41.7 Å². The largest absolute Gasteiger partial charge is 0.494 e. The third-order valence-corrected chi connectivity index (χ3v) is 4.46. The Morgan fingerprint density at radius 3 is 2.63 bits per heavy atom. The van der Waals surface area contributed by atoms with Gasteiger partial charge in [0.1, 0.15) is 0 Å². The number of nitrogens with zero attached hydrogens (tertiary/aromatic N) is 1. The number of carbonyl (C=O) groups excluding carboxylic acids is 1. The number of guanidine groups is 1. The topological polar surface area (TPSA) is 74.8 Å². The van der Waals surface area contributed by atoms with E-state index in [4.69, 9.17) is 4.74 Å². The van der Waals surface area contributed by atoms with E-state index in [0.717, 1.165) is 11.1 Å². The number of hydrogen-bond donors (Lipinski definition) is 3. The molecule has 0 fully saturated rings. The van der Waals surface area contributed by atoms with Crippen molar-refractivity contribution in [2.45, 2.75) is 26.3 Å². The Bertz CT molecular complexity index is 861. The molecule has 0 aromatic heterocycles. The highest BCUT2D eigenvalue weighted by atomic mass is 127. The molecule has 0 spiro atoms. The van der Waals surface area contributed by atoms with E-state index in [1.807, 2.05) is 38.1 Å². The van der Waals surface area contributed by atoms with Gasteiger partial charge in [-0.2, -0.15) is 0 Å². The van der Waals surface area contributed by atoms with Gasteiger partial charge in [0.05, 0.1) is 13.2 Å². The number of methoxy groups -OCH3 is 1. The molecular formula is C22H30FIN4O2. The van der Waals surface area contributed by atoms with Gasteiger partial charge in [0, 0.05) is 25.7 Å². The maximum absolute atomic E-state index is 14.0. The molecule has 0 aliphatic rings. The maximum atomic E-state index is 14.0. The number of hydrogen-bond acceptors (Lipinski definition) is 3. The minimum atomic E-state index is -0.392. The Labute approximate surface area is 194 Å². The summed E-state index contributed by atoms with van der Waals surface area (Å²) >= 11 is 0. The summed E-state index contributed by atoms with van der Waals surface area (Å²) in [5.74, 6) is 0.377. The van der Waals surface area contributed by atoms with Gasteiger partial charge in [-0.3, -0.25) is 9.79 Å². The lowest BCUT2D eigenvalue weighted by molar-refractivity contribution is 0.0963. The van der Waals surface area contributed by atoms with Gasteiger partial charge in [0.2, 0.25) is 0 Å². The molecule has 1 atom stereocenters. The van der Waals surface area contributed by atoms with Crippen molar-refractivity contribution in [1.29, 1.82) is 0 Å². The summed E-state index contributed by atoms with van der Waals surface area (Å²) in [6.07, 6.45) is 0.701. The molecule has 6 nitrogen and oxygen atoms in total. The van der Waals surface area contributed by atoms with Crippen molar-refractivity contribution in [3.8, 4) is 5.75 Å². The number of rotatable bonds is 8. The summed E-state index contributed by atoms with van der Waals surface area (Å²) in [4.78, 5) is 16.4. The summed E-state index contributed by atoms with van der Waals surface area (Å²) in [5.41, 5.74) is 2.47. The summed E-state index contributed by atoms with van der Waals surface area (Å²) in [6.45, 7) is 5.20. The zero-order valence-corrected chi connectivity index (χ0v) is 20.1. The molecule has 2 rings (SSSR count). The van der Waals surface area contributed by atoms with Gasteiger partial charge >= 0.3 is 0 Å². The van der Waals surface area contributed by atoms with Crippen molar-refractivity contribution in [1.82, 2.24) is 16.0 Å². The fourth-order valence-corrected chi connectivity index (χ4v) is 2.87. The molecule has 0 heterocycles. The number of benzene rings is 2. The van der Waals surface area contributed by atoms with Gasteiger partial charge in [-0.15, -0.1) is 24.0 Å². The van der Waals surface area contributed by atoms with Crippen LogP contribution >= 0.6 is 24.0 Å². The molecule has 2 aromatic rings. The van der Waals surface area contributed by atoms with Gasteiger partial charge < -0.3 is 20.7 Å². The number of carbonyl (C=O) groups is 1. The van der Waals surface area contributed by atoms with Crippen LogP contribution in [0.5, 0.6) is 5.75 Å². The van der Waals surface area contributed by atoms with Crippen molar-refractivity contribution in [3.63, 3.8) is 0 Å². The molecule has 1 unspecified atom stereocenters. The molecule has 30 heavy (non-hydrogen) atoms. The summed E-state index contributed by atoms with van der Waals surface area (Å²) in [7, 11) is 3.06. The lowest BCUT2D eigenvalue weighted by Crippen LogP contribution is -2.38. The number of nitrogens with one attached hydrogen (secondary N) is 3. The van der Waals surface area contributed by atoms with Crippen LogP contribution < -0.4 is 20.7 Å². The normalized spacial score (nSPS) is 11.8. The molecule has 0 bridgehead atoms. The van der Waals surface area contributed by atoms with Crippen LogP contribution in [-0.2, 0) is 6.42 Å². The highest BCUT2D eigenvalue weighted by Gasteiger charge is 2.11. The van der Waals surface area contributed by atoms with Crippen LogP contribution in [0.4, 0.5) is 4.39 Å². The molecule has 1 amide bonds. The van der Waals surface area contributed by atoms with Crippen molar-refractivity contribution in [2.75, 3.05) is 27.2 Å². The highest BCUT2D eigenvalue weighted by Crippen LogP contribution is 2.21. The molecule has 0 radical (unpaired) electrons. The first-order chi connectivity index (χ1) is 14.0. The number of halogens is 2. The average molecular weight is 528 g/mol. The SMILES string of the molecule is CCNC(=NCCc1cccc(C(=O)NC)c1)NC(C)c1ccc(OC)c(F)c1.I. The molecule has 164 valence electrons. The van der Waals surface area contributed by atoms with E-state index in [1.165, 1.54) is 13.2 Å². The molecule has 0 aliphatic carbocycles. The molecule has 3 N–H and O–H groups in total. The minimum Gasteiger partial charge on any atom is -0.494 e. The van der Waals surface area contributed by atoms with E-state index in [1.54, 1.807) is 19.2 Å². The molecule has 0 saturated heterocycles. The monoisotopic (exact) mass is 528 g/mol. The number of amides is 1. The Morgan fingerprint density at radius 1 is 1.23 bits per heavy atom. The first-order valence-corrected chi connectivity index (χ1v) is 9.67. The standard InChI is InChI=1S/C22H29FN4O2.HI/c1-5-25-22(27-15(2)17-9-10-20(29-4)19(23)14-17)26-12-11-16-7-6-8-18(13-16)21(28)24-3;/h6-10,13-15H,5,11-12H2,1-4H3,(H,24,28)(H2,25,26,27);1H. The predicted molar refractivity (Wildman–Crippen MR) is 129 cm³/mol. The summed E-state index contributed by atoms with van der Waals surface area (Å²) in [6, 6.07) is 12.3. The molecule has 2 aromatic carbocycles. The first-order valence-electron chi connectivity index (χ1n) is 9.67. The second-order valence-corrected chi connectivity index (χ2v) is 6.55. The van der Waals surface area contributed by atoms with E-state index >= 15 is 0 Å². The average Bonchev–Trinajstić information content (AvgIpc) is 2.73. The lowest BCUT2D eigenvalue weighted by Gasteiger charge is -2.18. The second-order valence-electron chi connectivity index (χ2n) is 6.55. The van der Waals surface area contributed by atoms with Crippen molar-refractivity contribution in [3.05, 3.63) is 65.0 Å². The fourth-order valence-electron chi connectivity index (χ4n) is 2.87. The van der Waals surface area contributed by atoms with Gasteiger partial charge in [0.15, 0.2) is 17.5 Å². The molecule has 8 heteroatoms. The third kappa shape index (κ3) is 7.47. The van der Waals surface area contributed by atoms with E-state index < -0.39 is 5.82 Å². The number of ether oxygens (including phenoxy) is 1. The van der Waals surface area contributed by atoms with Crippen LogP contribution in [0.15, 0.2) is 47.5 Å². The van der Waals surface area contributed by atoms with Crippen molar-refractivity contribution < 1.29 is 13.9 Å². The Balaban J connectivity index is 0.00000450. The van der Waals surface area contributed by atoms with Crippen LogP contribution in [0.2, 0.25) is 0 Å². The fraction of sp³-hybridized carbons (Fsp3) is 0.364.